The first kappa shape index (κ1) is 53.5. The summed E-state index contributed by atoms with van der Waals surface area (Å²) in [6.07, 6.45) is 29.8. The van der Waals surface area contributed by atoms with Crippen LogP contribution in [0.5, 0.6) is 17.2 Å². The number of carboxylic acids is 1. The maximum absolute atomic E-state index is 12.6. The molecule has 0 atom stereocenters. The van der Waals surface area contributed by atoms with Gasteiger partial charge >= 0.3 is 23.9 Å². The number of carbonyl (C=O) groups excluding carboxylic acids is 3. The molecule has 0 bridgehead atoms. The van der Waals surface area contributed by atoms with Gasteiger partial charge in [-0.2, -0.15) is 0 Å². The first-order valence-corrected chi connectivity index (χ1v) is 22.6. The van der Waals surface area contributed by atoms with Crippen molar-refractivity contribution in [2.24, 2.45) is 0 Å². The second kappa shape index (κ2) is 37.5. The average Bonchev–Trinajstić information content (AvgIpc) is 3.25. The molecule has 1 N–H and O–H groups in total. The van der Waals surface area contributed by atoms with Crippen molar-refractivity contribution < 1.29 is 52.7 Å². The van der Waals surface area contributed by atoms with Gasteiger partial charge in [-0.05, 0) is 51.0 Å². The molecule has 0 saturated heterocycles. The summed E-state index contributed by atoms with van der Waals surface area (Å²) < 4.78 is 34.3. The quantitative estimate of drug-likeness (QED) is 0.0221. The maximum atomic E-state index is 12.6. The molecule has 0 spiro atoms. The lowest BCUT2D eigenvalue weighted by Gasteiger charge is -2.21. The molecule has 0 fully saturated rings. The van der Waals surface area contributed by atoms with Crippen molar-refractivity contribution in [3.63, 3.8) is 0 Å². The fourth-order valence-corrected chi connectivity index (χ4v) is 6.61. The predicted molar refractivity (Wildman–Crippen MR) is 238 cm³/mol. The van der Waals surface area contributed by atoms with Crippen LogP contribution in [0, 0.1) is 0 Å². The average molecular weight is 841 g/mol. The minimum atomic E-state index is -1.05. The number of hydrogen-bond donors (Lipinski definition) is 1. The molecule has 1 rings (SSSR count). The fourth-order valence-electron chi connectivity index (χ4n) is 6.61. The summed E-state index contributed by atoms with van der Waals surface area (Å²) >= 11 is 0. The van der Waals surface area contributed by atoms with E-state index in [1.807, 2.05) is 0 Å². The molecule has 0 heterocycles. The molecular weight excluding hydrogens is 765 g/mol. The van der Waals surface area contributed by atoms with Crippen LogP contribution in [0.2, 0.25) is 0 Å². The topological polar surface area (TPSA) is 144 Å². The number of ether oxygens (including phenoxy) is 6. The zero-order valence-corrected chi connectivity index (χ0v) is 36.7. The Morgan fingerprint density at radius 3 is 1.05 bits per heavy atom. The number of aromatic carboxylic acids is 1. The van der Waals surface area contributed by atoms with Gasteiger partial charge in [0.1, 0.15) is 0 Å². The Balaban J connectivity index is 2.77. The van der Waals surface area contributed by atoms with E-state index in [0.717, 1.165) is 154 Å². The normalized spacial score (nSPS) is 10.7. The summed E-state index contributed by atoms with van der Waals surface area (Å²) in [4.78, 5) is 46.0. The second-order valence-electron chi connectivity index (χ2n) is 15.0. The molecule has 60 heavy (non-hydrogen) atoms. The van der Waals surface area contributed by atoms with Crippen LogP contribution < -0.4 is 14.2 Å². The highest BCUT2D eigenvalue weighted by atomic mass is 16.5. The second-order valence-corrected chi connectivity index (χ2v) is 15.0. The first-order chi connectivity index (χ1) is 29.3. The summed E-state index contributed by atoms with van der Waals surface area (Å²) in [6, 6.07) is 1.58. The SMILES string of the molecule is C=CCc1c(C(=O)O)cc(OCCCCCCCCCCOC(=O)C=C)c(OCCCCCCCCCCOC(=O)C=C)c1OCCCCCCCCCCOC(=O)C=C. The molecule has 11 heteroatoms. The Labute approximate surface area is 360 Å². The van der Waals surface area contributed by atoms with E-state index in [-0.39, 0.29) is 23.5 Å². The van der Waals surface area contributed by atoms with Crippen molar-refractivity contribution in [2.45, 2.75) is 161 Å². The number of rotatable bonds is 42. The van der Waals surface area contributed by atoms with Gasteiger partial charge in [-0.1, -0.05) is 141 Å². The highest BCUT2D eigenvalue weighted by Gasteiger charge is 2.25. The molecule has 0 aliphatic carbocycles. The molecule has 0 radical (unpaired) electrons. The van der Waals surface area contributed by atoms with Crippen LogP contribution in [0.25, 0.3) is 0 Å². The third kappa shape index (κ3) is 27.3. The van der Waals surface area contributed by atoms with E-state index >= 15 is 0 Å². The molecule has 1 aromatic rings. The Kier molecular flexibility index (Phi) is 33.4. The third-order valence-electron chi connectivity index (χ3n) is 9.98. The van der Waals surface area contributed by atoms with Gasteiger partial charge in [-0.3, -0.25) is 0 Å². The lowest BCUT2D eigenvalue weighted by atomic mass is 10.0. The minimum Gasteiger partial charge on any atom is -0.490 e. The van der Waals surface area contributed by atoms with Crippen molar-refractivity contribution in [3.8, 4) is 17.2 Å². The number of unbranched alkanes of at least 4 members (excludes halogenated alkanes) is 21. The third-order valence-corrected chi connectivity index (χ3v) is 9.98. The van der Waals surface area contributed by atoms with E-state index < -0.39 is 5.97 Å². The number of benzene rings is 1. The number of allylic oxidation sites excluding steroid dienone is 1. The molecular formula is C49H76O11. The molecule has 1 aromatic carbocycles. The van der Waals surface area contributed by atoms with E-state index in [9.17, 15) is 24.3 Å². The van der Waals surface area contributed by atoms with Gasteiger partial charge in [0.25, 0.3) is 0 Å². The van der Waals surface area contributed by atoms with Gasteiger partial charge < -0.3 is 33.5 Å². The molecule has 338 valence electrons. The monoisotopic (exact) mass is 841 g/mol. The van der Waals surface area contributed by atoms with Crippen molar-refractivity contribution in [1.82, 2.24) is 0 Å². The van der Waals surface area contributed by atoms with Crippen LogP contribution in [0.4, 0.5) is 0 Å². The van der Waals surface area contributed by atoms with E-state index in [1.165, 1.54) is 18.2 Å². The van der Waals surface area contributed by atoms with Gasteiger partial charge in [0, 0.05) is 23.8 Å². The highest BCUT2D eigenvalue weighted by Crippen LogP contribution is 2.43. The largest absolute Gasteiger partial charge is 0.490 e. The number of carbonyl (C=O) groups is 4. The van der Waals surface area contributed by atoms with Crippen LogP contribution in [0.15, 0.2) is 56.7 Å². The van der Waals surface area contributed by atoms with E-state index in [2.05, 4.69) is 26.3 Å². The van der Waals surface area contributed by atoms with Crippen molar-refractivity contribution in [2.75, 3.05) is 39.6 Å². The molecule has 0 amide bonds. The molecule has 0 aliphatic rings. The van der Waals surface area contributed by atoms with Crippen molar-refractivity contribution in [1.29, 1.82) is 0 Å². The summed E-state index contributed by atoms with van der Waals surface area (Å²) in [5.41, 5.74) is 0.668. The smallest absolute Gasteiger partial charge is 0.336 e. The van der Waals surface area contributed by atoms with Crippen LogP contribution in [-0.2, 0) is 35.0 Å². The summed E-state index contributed by atoms with van der Waals surface area (Å²) in [5.74, 6) is -0.893. The van der Waals surface area contributed by atoms with Crippen molar-refractivity contribution in [3.05, 3.63) is 67.8 Å². The zero-order valence-electron chi connectivity index (χ0n) is 36.7. The van der Waals surface area contributed by atoms with Gasteiger partial charge in [0.05, 0.1) is 45.2 Å². The zero-order chi connectivity index (χ0) is 43.9. The minimum absolute atomic E-state index is 0.129. The van der Waals surface area contributed by atoms with Gasteiger partial charge in [0.2, 0.25) is 5.75 Å². The van der Waals surface area contributed by atoms with Crippen LogP contribution >= 0.6 is 0 Å². The Morgan fingerprint density at radius 1 is 0.433 bits per heavy atom. The molecule has 0 unspecified atom stereocenters. The van der Waals surface area contributed by atoms with Crippen LogP contribution in [0.3, 0.4) is 0 Å². The Hall–Kier alpha value is -4.54. The fraction of sp³-hybridized carbons (Fsp3) is 0.633. The van der Waals surface area contributed by atoms with E-state index in [4.69, 9.17) is 28.4 Å². The number of hydrogen-bond acceptors (Lipinski definition) is 10. The summed E-state index contributed by atoms with van der Waals surface area (Å²) in [6.45, 7) is 16.7. The maximum Gasteiger partial charge on any atom is 0.336 e. The Morgan fingerprint density at radius 2 is 0.733 bits per heavy atom. The van der Waals surface area contributed by atoms with Crippen LogP contribution in [-0.4, -0.2) is 68.6 Å². The number of esters is 3. The van der Waals surface area contributed by atoms with Crippen LogP contribution in [0.1, 0.15) is 170 Å². The predicted octanol–water partition coefficient (Wildman–Crippen LogP) is 11.8. The summed E-state index contributed by atoms with van der Waals surface area (Å²) in [7, 11) is 0. The molecule has 0 aromatic heterocycles. The first-order valence-electron chi connectivity index (χ1n) is 22.6. The van der Waals surface area contributed by atoms with Gasteiger partial charge in [-0.15, -0.1) is 6.58 Å². The summed E-state index contributed by atoms with van der Waals surface area (Å²) in [5, 5.41) is 10.3. The Bertz CT molecular complexity index is 1390. The lowest BCUT2D eigenvalue weighted by Crippen LogP contribution is -2.12. The highest BCUT2D eigenvalue weighted by molar-refractivity contribution is 5.92. The van der Waals surface area contributed by atoms with Crippen molar-refractivity contribution >= 4 is 23.9 Å². The lowest BCUT2D eigenvalue weighted by molar-refractivity contribution is -0.138. The molecule has 11 nitrogen and oxygen atoms in total. The van der Waals surface area contributed by atoms with E-state index in [1.54, 1.807) is 12.1 Å². The van der Waals surface area contributed by atoms with E-state index in [0.29, 0.717) is 68.9 Å². The van der Waals surface area contributed by atoms with Gasteiger partial charge in [0.15, 0.2) is 11.5 Å². The molecule has 0 aliphatic heterocycles. The standard InChI is InChI=1S/C49H76O11/c1-5-33-41-42(49(53)54)40-43(55-34-27-21-15-9-10-16-22-28-35-56-44(50)6-2)48(60-39-32-26-20-14-12-18-24-30-37-58-46(52)8-4)47(41)59-38-31-25-19-13-11-17-23-29-36-57-45(51)7-3/h5-8,40H,1-4,9-39H2,(H,53,54). The number of carboxylic acid groups (broad SMARTS) is 1. The molecule has 0 saturated carbocycles. The van der Waals surface area contributed by atoms with Gasteiger partial charge in [-0.25, -0.2) is 19.2 Å².